The lowest BCUT2D eigenvalue weighted by Gasteiger charge is -2.35. The standard InChI is InChI=1S/C24H35N3O2S/c1-14-11-15(2)26-24(29)20(14)12-25-23(28)21-13-30-22(17(21)4)16(3)18-7-9-19(10-8-18)27(5)6/h11,13,16,18-19H,7-10,12H2,1-6H3,(H,25,28)(H,26,29)/t16?,18-,19-. The summed E-state index contributed by atoms with van der Waals surface area (Å²) in [4.78, 5) is 31.5. The van der Waals surface area contributed by atoms with Crippen LogP contribution >= 0.6 is 11.3 Å². The predicted molar refractivity (Wildman–Crippen MR) is 125 cm³/mol. The minimum atomic E-state index is -0.127. The molecular formula is C24H35N3O2S. The van der Waals surface area contributed by atoms with Crippen LogP contribution in [-0.2, 0) is 6.54 Å². The van der Waals surface area contributed by atoms with Crippen LogP contribution in [0.25, 0.3) is 0 Å². The Kier molecular flexibility index (Phi) is 7.19. The predicted octanol–water partition coefficient (Wildman–Crippen LogP) is 4.52. The fraction of sp³-hybridized carbons (Fsp3) is 0.583. The first-order valence-electron chi connectivity index (χ1n) is 10.9. The number of carbonyl (C=O) groups excluding carboxylic acids is 1. The van der Waals surface area contributed by atoms with Crippen molar-refractivity contribution in [3.05, 3.63) is 54.6 Å². The van der Waals surface area contributed by atoms with Crippen molar-refractivity contribution in [1.82, 2.24) is 15.2 Å². The number of nitrogens with one attached hydrogen (secondary N) is 2. The van der Waals surface area contributed by atoms with Crippen molar-refractivity contribution in [3.8, 4) is 0 Å². The molecule has 2 aromatic heterocycles. The average Bonchev–Trinajstić information content (AvgIpc) is 3.08. The van der Waals surface area contributed by atoms with E-state index in [2.05, 4.69) is 43.1 Å². The lowest BCUT2D eigenvalue weighted by atomic mass is 9.77. The Labute approximate surface area is 183 Å². The van der Waals surface area contributed by atoms with Gasteiger partial charge < -0.3 is 15.2 Å². The molecule has 1 aliphatic carbocycles. The van der Waals surface area contributed by atoms with Crippen molar-refractivity contribution < 1.29 is 4.79 Å². The highest BCUT2D eigenvalue weighted by molar-refractivity contribution is 7.10. The van der Waals surface area contributed by atoms with E-state index in [4.69, 9.17) is 0 Å². The van der Waals surface area contributed by atoms with Crippen LogP contribution in [-0.4, -0.2) is 35.9 Å². The molecule has 1 unspecified atom stereocenters. The SMILES string of the molecule is Cc1cc(C)c(CNC(=O)c2csc(C(C)[C@H]3CC[C@H](N(C)C)CC3)c2C)c(=O)[nH]1. The number of pyridine rings is 1. The summed E-state index contributed by atoms with van der Waals surface area (Å²) in [7, 11) is 4.35. The van der Waals surface area contributed by atoms with Crippen molar-refractivity contribution in [2.75, 3.05) is 14.1 Å². The molecule has 1 saturated carbocycles. The first-order chi connectivity index (χ1) is 14.2. The Morgan fingerprint density at radius 3 is 2.50 bits per heavy atom. The number of thiophene rings is 1. The summed E-state index contributed by atoms with van der Waals surface area (Å²) in [5, 5.41) is 4.93. The molecule has 0 radical (unpaired) electrons. The third kappa shape index (κ3) is 4.86. The zero-order valence-electron chi connectivity index (χ0n) is 19.1. The minimum Gasteiger partial charge on any atom is -0.348 e. The van der Waals surface area contributed by atoms with Crippen LogP contribution < -0.4 is 10.9 Å². The highest BCUT2D eigenvalue weighted by Gasteiger charge is 2.29. The molecule has 1 atom stereocenters. The van der Waals surface area contributed by atoms with E-state index in [1.54, 1.807) is 11.3 Å². The number of hydrogen-bond donors (Lipinski definition) is 2. The first kappa shape index (κ1) is 22.8. The summed E-state index contributed by atoms with van der Waals surface area (Å²) >= 11 is 1.70. The maximum absolute atomic E-state index is 12.8. The van der Waals surface area contributed by atoms with E-state index in [9.17, 15) is 9.59 Å². The molecule has 30 heavy (non-hydrogen) atoms. The van der Waals surface area contributed by atoms with E-state index in [1.807, 2.05) is 25.3 Å². The Hall–Kier alpha value is -1.92. The molecule has 1 fully saturated rings. The Morgan fingerprint density at radius 1 is 1.23 bits per heavy atom. The average molecular weight is 430 g/mol. The molecule has 6 heteroatoms. The van der Waals surface area contributed by atoms with E-state index in [0.29, 0.717) is 23.4 Å². The molecule has 164 valence electrons. The number of aryl methyl sites for hydroxylation is 2. The molecule has 2 heterocycles. The summed E-state index contributed by atoms with van der Waals surface area (Å²) in [6, 6.07) is 2.64. The Balaban J connectivity index is 1.66. The summed E-state index contributed by atoms with van der Waals surface area (Å²) < 4.78 is 0. The number of aromatic amines is 1. The smallest absolute Gasteiger partial charge is 0.253 e. The lowest BCUT2D eigenvalue weighted by Crippen LogP contribution is -2.33. The second-order valence-electron chi connectivity index (χ2n) is 9.09. The van der Waals surface area contributed by atoms with Gasteiger partial charge in [0.15, 0.2) is 0 Å². The number of carbonyl (C=O) groups is 1. The zero-order valence-corrected chi connectivity index (χ0v) is 19.9. The van der Waals surface area contributed by atoms with E-state index in [1.165, 1.54) is 30.6 Å². The molecule has 0 aromatic carbocycles. The van der Waals surface area contributed by atoms with Gasteiger partial charge in [0.25, 0.3) is 11.5 Å². The van der Waals surface area contributed by atoms with E-state index in [-0.39, 0.29) is 18.0 Å². The topological polar surface area (TPSA) is 65.2 Å². The van der Waals surface area contributed by atoms with Crippen LogP contribution in [0.5, 0.6) is 0 Å². The number of nitrogens with zero attached hydrogens (tertiary/aromatic N) is 1. The van der Waals surface area contributed by atoms with Gasteiger partial charge in [-0.3, -0.25) is 9.59 Å². The van der Waals surface area contributed by atoms with Gasteiger partial charge in [0.1, 0.15) is 0 Å². The molecule has 2 N–H and O–H groups in total. The van der Waals surface area contributed by atoms with Crippen LogP contribution in [0.15, 0.2) is 16.2 Å². The van der Waals surface area contributed by atoms with Gasteiger partial charge in [-0.2, -0.15) is 0 Å². The second kappa shape index (κ2) is 9.48. The third-order valence-corrected chi connectivity index (χ3v) is 8.12. The minimum absolute atomic E-state index is 0.0992. The first-order valence-corrected chi connectivity index (χ1v) is 11.8. The highest BCUT2D eigenvalue weighted by Crippen LogP contribution is 2.40. The molecule has 0 bridgehead atoms. The molecule has 0 spiro atoms. The molecule has 0 aliphatic heterocycles. The number of aromatic nitrogens is 1. The summed E-state index contributed by atoms with van der Waals surface area (Å²) in [6.45, 7) is 8.39. The number of hydrogen-bond acceptors (Lipinski definition) is 4. The maximum atomic E-state index is 12.8. The van der Waals surface area contributed by atoms with Gasteiger partial charge in [0.2, 0.25) is 0 Å². The third-order valence-electron chi connectivity index (χ3n) is 6.83. The summed E-state index contributed by atoms with van der Waals surface area (Å²) in [6.07, 6.45) is 5.01. The van der Waals surface area contributed by atoms with Crippen LogP contribution in [0, 0.1) is 26.7 Å². The van der Waals surface area contributed by atoms with Gasteiger partial charge in [-0.25, -0.2) is 0 Å². The zero-order chi connectivity index (χ0) is 22.0. The Bertz CT molecular complexity index is 952. The van der Waals surface area contributed by atoms with Gasteiger partial charge >= 0.3 is 0 Å². The van der Waals surface area contributed by atoms with Crippen molar-refractivity contribution in [3.63, 3.8) is 0 Å². The van der Waals surface area contributed by atoms with Crippen molar-refractivity contribution in [2.45, 2.75) is 71.9 Å². The fourth-order valence-electron chi connectivity index (χ4n) is 4.80. The van der Waals surface area contributed by atoms with Gasteiger partial charge in [-0.05, 0) is 89.6 Å². The van der Waals surface area contributed by atoms with Crippen LogP contribution in [0.1, 0.15) is 76.1 Å². The van der Waals surface area contributed by atoms with Gasteiger partial charge in [0.05, 0.1) is 5.56 Å². The van der Waals surface area contributed by atoms with Crippen LogP contribution in [0.4, 0.5) is 0 Å². The Morgan fingerprint density at radius 2 is 1.90 bits per heavy atom. The van der Waals surface area contributed by atoms with Crippen LogP contribution in [0.2, 0.25) is 0 Å². The molecule has 1 amide bonds. The number of H-pyrrole nitrogens is 1. The molecule has 3 rings (SSSR count). The van der Waals surface area contributed by atoms with Gasteiger partial charge in [-0.1, -0.05) is 6.92 Å². The largest absolute Gasteiger partial charge is 0.348 e. The molecule has 1 aliphatic rings. The van der Waals surface area contributed by atoms with Crippen molar-refractivity contribution >= 4 is 17.2 Å². The maximum Gasteiger partial charge on any atom is 0.253 e. The summed E-state index contributed by atoms with van der Waals surface area (Å²) in [5.41, 5.74) is 4.06. The highest BCUT2D eigenvalue weighted by atomic mass is 32.1. The van der Waals surface area contributed by atoms with Crippen molar-refractivity contribution in [1.29, 1.82) is 0 Å². The fourth-order valence-corrected chi connectivity index (χ4v) is 6.02. The second-order valence-corrected chi connectivity index (χ2v) is 10.00. The summed E-state index contributed by atoms with van der Waals surface area (Å²) in [5.74, 6) is 1.06. The number of amides is 1. The monoisotopic (exact) mass is 429 g/mol. The van der Waals surface area contributed by atoms with Crippen LogP contribution in [0.3, 0.4) is 0 Å². The molecular weight excluding hydrogens is 394 g/mol. The van der Waals surface area contributed by atoms with Gasteiger partial charge in [0, 0.05) is 34.1 Å². The molecule has 0 saturated heterocycles. The van der Waals surface area contributed by atoms with Gasteiger partial charge in [-0.15, -0.1) is 11.3 Å². The lowest BCUT2D eigenvalue weighted by molar-refractivity contribution is 0.0950. The molecule has 2 aromatic rings. The molecule has 5 nitrogen and oxygen atoms in total. The van der Waals surface area contributed by atoms with E-state index >= 15 is 0 Å². The van der Waals surface area contributed by atoms with Crippen molar-refractivity contribution in [2.24, 2.45) is 5.92 Å². The normalized spacial score (nSPS) is 20.4. The van der Waals surface area contributed by atoms with E-state index < -0.39 is 0 Å². The number of rotatable bonds is 6. The van der Waals surface area contributed by atoms with E-state index in [0.717, 1.165) is 22.4 Å². The quantitative estimate of drug-likeness (QED) is 0.710.